The summed E-state index contributed by atoms with van der Waals surface area (Å²) in [5.41, 5.74) is 5.86. The Kier molecular flexibility index (Phi) is 3.89. The molecule has 1 atom stereocenters. The summed E-state index contributed by atoms with van der Waals surface area (Å²) in [5, 5.41) is 9.23. The molecule has 0 aliphatic heterocycles. The summed E-state index contributed by atoms with van der Waals surface area (Å²) in [6.07, 6.45) is 4.55. The zero-order valence-corrected chi connectivity index (χ0v) is 11.9. The van der Waals surface area contributed by atoms with Crippen molar-refractivity contribution in [2.45, 2.75) is 25.9 Å². The van der Waals surface area contributed by atoms with Gasteiger partial charge in [-0.05, 0) is 24.1 Å². The lowest BCUT2D eigenvalue weighted by Crippen LogP contribution is -2.31. The summed E-state index contributed by atoms with van der Waals surface area (Å²) in [4.78, 5) is 4.39. The SMILES string of the molecule is CCCn1nncc1C(NN)c1ccnc2ccccc12. The number of hydrogen-bond donors (Lipinski definition) is 2. The first kappa shape index (κ1) is 13.7. The van der Waals surface area contributed by atoms with Gasteiger partial charge in [-0.1, -0.05) is 30.3 Å². The van der Waals surface area contributed by atoms with Crippen molar-refractivity contribution in [2.75, 3.05) is 0 Å². The summed E-state index contributed by atoms with van der Waals surface area (Å²) in [5.74, 6) is 5.81. The molecular formula is C15H18N6. The van der Waals surface area contributed by atoms with Crippen LogP contribution in [0.2, 0.25) is 0 Å². The van der Waals surface area contributed by atoms with Crippen LogP contribution in [0.25, 0.3) is 10.9 Å². The standard InChI is InChI=1S/C15H18N6/c1-2-9-21-14(10-18-20-21)15(19-16)12-7-8-17-13-6-4-3-5-11(12)13/h3-8,10,15,19H,2,9,16H2,1H3. The van der Waals surface area contributed by atoms with E-state index in [9.17, 15) is 0 Å². The van der Waals surface area contributed by atoms with E-state index in [1.807, 2.05) is 28.9 Å². The van der Waals surface area contributed by atoms with Gasteiger partial charge in [0.2, 0.25) is 0 Å². The first-order valence-electron chi connectivity index (χ1n) is 7.03. The highest BCUT2D eigenvalue weighted by molar-refractivity contribution is 5.82. The zero-order valence-electron chi connectivity index (χ0n) is 11.9. The van der Waals surface area contributed by atoms with E-state index in [4.69, 9.17) is 5.84 Å². The lowest BCUT2D eigenvalue weighted by molar-refractivity contribution is 0.513. The number of benzene rings is 1. The van der Waals surface area contributed by atoms with Crippen LogP contribution in [0.5, 0.6) is 0 Å². The Hall–Kier alpha value is -2.31. The molecule has 3 aromatic rings. The van der Waals surface area contributed by atoms with Gasteiger partial charge in [0.1, 0.15) is 0 Å². The molecule has 0 saturated heterocycles. The van der Waals surface area contributed by atoms with E-state index >= 15 is 0 Å². The molecule has 1 aromatic carbocycles. The van der Waals surface area contributed by atoms with Crippen LogP contribution in [0, 0.1) is 0 Å². The van der Waals surface area contributed by atoms with E-state index in [1.54, 1.807) is 12.4 Å². The third-order valence-electron chi connectivity index (χ3n) is 3.54. The molecule has 0 aliphatic carbocycles. The fourth-order valence-corrected chi connectivity index (χ4v) is 2.58. The molecule has 6 nitrogen and oxygen atoms in total. The van der Waals surface area contributed by atoms with Crippen molar-refractivity contribution < 1.29 is 0 Å². The van der Waals surface area contributed by atoms with Crippen LogP contribution in [0.1, 0.15) is 30.6 Å². The minimum Gasteiger partial charge on any atom is -0.271 e. The number of rotatable bonds is 5. The quantitative estimate of drug-likeness (QED) is 0.551. The maximum atomic E-state index is 5.81. The number of aryl methyl sites for hydroxylation is 1. The van der Waals surface area contributed by atoms with Crippen molar-refractivity contribution in [3.8, 4) is 0 Å². The summed E-state index contributed by atoms with van der Waals surface area (Å²) < 4.78 is 1.89. The van der Waals surface area contributed by atoms with Gasteiger partial charge in [0.05, 0.1) is 23.4 Å². The molecule has 108 valence electrons. The molecule has 0 bridgehead atoms. The van der Waals surface area contributed by atoms with Crippen molar-refractivity contribution in [3.63, 3.8) is 0 Å². The molecule has 6 heteroatoms. The average Bonchev–Trinajstić information content (AvgIpc) is 2.97. The highest BCUT2D eigenvalue weighted by Crippen LogP contribution is 2.27. The van der Waals surface area contributed by atoms with Gasteiger partial charge in [-0.15, -0.1) is 5.10 Å². The van der Waals surface area contributed by atoms with Gasteiger partial charge < -0.3 is 0 Å². The molecule has 3 rings (SSSR count). The topological polar surface area (TPSA) is 81.7 Å². The molecule has 21 heavy (non-hydrogen) atoms. The molecule has 0 aliphatic rings. The number of nitrogens with zero attached hydrogens (tertiary/aromatic N) is 4. The molecule has 0 saturated carbocycles. The van der Waals surface area contributed by atoms with E-state index in [-0.39, 0.29) is 6.04 Å². The Morgan fingerprint density at radius 1 is 1.29 bits per heavy atom. The predicted molar refractivity (Wildman–Crippen MR) is 81.2 cm³/mol. The molecule has 2 heterocycles. The largest absolute Gasteiger partial charge is 0.271 e. The Balaban J connectivity index is 2.12. The second-order valence-electron chi connectivity index (χ2n) is 4.90. The summed E-state index contributed by atoms with van der Waals surface area (Å²) in [6, 6.07) is 9.84. The molecule has 0 amide bonds. The van der Waals surface area contributed by atoms with Gasteiger partial charge in [-0.2, -0.15) is 0 Å². The molecule has 3 N–H and O–H groups in total. The molecular weight excluding hydrogens is 264 g/mol. The number of para-hydroxylation sites is 1. The van der Waals surface area contributed by atoms with E-state index in [0.29, 0.717) is 0 Å². The monoisotopic (exact) mass is 282 g/mol. The van der Waals surface area contributed by atoms with Gasteiger partial charge in [0.15, 0.2) is 0 Å². The maximum Gasteiger partial charge on any atom is 0.0901 e. The molecule has 0 spiro atoms. The number of hydrogen-bond acceptors (Lipinski definition) is 5. The van der Waals surface area contributed by atoms with Gasteiger partial charge in [0.25, 0.3) is 0 Å². The van der Waals surface area contributed by atoms with E-state index in [2.05, 4.69) is 33.7 Å². The van der Waals surface area contributed by atoms with Crippen molar-refractivity contribution in [1.82, 2.24) is 25.4 Å². The van der Waals surface area contributed by atoms with E-state index in [0.717, 1.165) is 35.1 Å². The first-order chi connectivity index (χ1) is 10.3. The van der Waals surface area contributed by atoms with Crippen LogP contribution < -0.4 is 11.3 Å². The Morgan fingerprint density at radius 3 is 2.95 bits per heavy atom. The molecule has 0 radical (unpaired) electrons. The Morgan fingerprint density at radius 2 is 2.14 bits per heavy atom. The number of fused-ring (bicyclic) bond motifs is 1. The van der Waals surface area contributed by atoms with E-state index in [1.165, 1.54) is 0 Å². The maximum absolute atomic E-state index is 5.81. The van der Waals surface area contributed by atoms with Crippen LogP contribution in [0.4, 0.5) is 0 Å². The fraction of sp³-hybridized carbons (Fsp3) is 0.267. The van der Waals surface area contributed by atoms with Gasteiger partial charge in [-0.25, -0.2) is 10.1 Å². The highest BCUT2D eigenvalue weighted by Gasteiger charge is 2.19. The lowest BCUT2D eigenvalue weighted by Gasteiger charge is -2.18. The Labute approximate surface area is 123 Å². The fourth-order valence-electron chi connectivity index (χ4n) is 2.58. The molecule has 1 unspecified atom stereocenters. The highest BCUT2D eigenvalue weighted by atomic mass is 15.4. The minimum absolute atomic E-state index is 0.167. The normalized spacial score (nSPS) is 12.7. The van der Waals surface area contributed by atoms with Crippen LogP contribution in [-0.2, 0) is 6.54 Å². The number of aromatic nitrogens is 4. The van der Waals surface area contributed by atoms with Gasteiger partial charge in [-0.3, -0.25) is 10.8 Å². The molecule has 0 fully saturated rings. The number of hydrazine groups is 1. The average molecular weight is 282 g/mol. The predicted octanol–water partition coefficient (Wildman–Crippen LogP) is 1.79. The first-order valence-corrected chi connectivity index (χ1v) is 7.03. The van der Waals surface area contributed by atoms with Crippen molar-refractivity contribution in [1.29, 1.82) is 0 Å². The van der Waals surface area contributed by atoms with Gasteiger partial charge >= 0.3 is 0 Å². The third-order valence-corrected chi connectivity index (χ3v) is 3.54. The number of nitrogens with two attached hydrogens (primary N) is 1. The third kappa shape index (κ3) is 2.51. The number of pyridine rings is 1. The number of nitrogens with one attached hydrogen (secondary N) is 1. The zero-order chi connectivity index (χ0) is 14.7. The smallest absolute Gasteiger partial charge is 0.0901 e. The second kappa shape index (κ2) is 5.99. The van der Waals surface area contributed by atoms with Crippen LogP contribution in [0.3, 0.4) is 0 Å². The summed E-state index contributed by atoms with van der Waals surface area (Å²) >= 11 is 0. The lowest BCUT2D eigenvalue weighted by atomic mass is 10.0. The van der Waals surface area contributed by atoms with Crippen molar-refractivity contribution in [3.05, 3.63) is 54.0 Å². The Bertz CT molecular complexity index is 730. The van der Waals surface area contributed by atoms with Crippen molar-refractivity contribution in [2.24, 2.45) is 5.84 Å². The summed E-state index contributed by atoms with van der Waals surface area (Å²) in [7, 11) is 0. The van der Waals surface area contributed by atoms with Crippen LogP contribution >= 0.6 is 0 Å². The van der Waals surface area contributed by atoms with E-state index < -0.39 is 0 Å². The molecule has 2 aromatic heterocycles. The summed E-state index contributed by atoms with van der Waals surface area (Å²) in [6.45, 7) is 2.93. The van der Waals surface area contributed by atoms with Crippen LogP contribution in [0.15, 0.2) is 42.7 Å². The second-order valence-corrected chi connectivity index (χ2v) is 4.90. The van der Waals surface area contributed by atoms with Crippen LogP contribution in [-0.4, -0.2) is 20.0 Å². The minimum atomic E-state index is -0.167. The van der Waals surface area contributed by atoms with Gasteiger partial charge in [0, 0.05) is 18.1 Å². The van der Waals surface area contributed by atoms with Crippen molar-refractivity contribution >= 4 is 10.9 Å².